The summed E-state index contributed by atoms with van der Waals surface area (Å²) in [7, 11) is 1.91. The van der Waals surface area contributed by atoms with Crippen molar-refractivity contribution in [3.8, 4) is 11.5 Å². The monoisotopic (exact) mass is 289 g/mol. The maximum absolute atomic E-state index is 5.86. The van der Waals surface area contributed by atoms with Gasteiger partial charge < -0.3 is 15.2 Å². The summed E-state index contributed by atoms with van der Waals surface area (Å²) in [6.07, 6.45) is 5.65. The third kappa shape index (κ3) is 4.49. The lowest BCUT2D eigenvalue weighted by Crippen LogP contribution is -2.06. The van der Waals surface area contributed by atoms with Gasteiger partial charge >= 0.3 is 0 Å². The maximum atomic E-state index is 5.86. The molecule has 0 spiro atoms. The minimum atomic E-state index is 0.455. The Morgan fingerprint density at radius 1 is 1.24 bits per heavy atom. The van der Waals surface area contributed by atoms with Gasteiger partial charge in [0.1, 0.15) is 11.5 Å². The molecule has 1 aromatic heterocycles. The van der Waals surface area contributed by atoms with Gasteiger partial charge in [0, 0.05) is 37.8 Å². The number of aromatic nitrogens is 2. The van der Waals surface area contributed by atoms with E-state index in [1.165, 1.54) is 0 Å². The van der Waals surface area contributed by atoms with E-state index in [-0.39, 0.29) is 0 Å². The molecule has 0 fully saturated rings. The van der Waals surface area contributed by atoms with Crippen molar-refractivity contribution in [1.82, 2.24) is 9.78 Å². The Morgan fingerprint density at radius 2 is 2.10 bits per heavy atom. The number of rotatable bonds is 8. The summed E-state index contributed by atoms with van der Waals surface area (Å²) in [5.74, 6) is 1.63. The summed E-state index contributed by atoms with van der Waals surface area (Å²) in [5, 5.41) is 4.14. The summed E-state index contributed by atoms with van der Waals surface area (Å²) in [6.45, 7) is 3.84. The number of aryl methyl sites for hydroxylation is 1. The van der Waals surface area contributed by atoms with E-state index in [9.17, 15) is 0 Å². The lowest BCUT2D eigenvalue weighted by molar-refractivity contribution is 0.301. The van der Waals surface area contributed by atoms with Gasteiger partial charge in [-0.3, -0.25) is 4.68 Å². The van der Waals surface area contributed by atoms with Crippen LogP contribution in [0.3, 0.4) is 0 Å². The molecule has 0 aliphatic heterocycles. The van der Waals surface area contributed by atoms with Gasteiger partial charge in [0.2, 0.25) is 0 Å². The molecule has 0 amide bonds. The molecule has 1 heterocycles. The first-order valence-electron chi connectivity index (χ1n) is 7.29. The first kappa shape index (κ1) is 15.4. The van der Waals surface area contributed by atoms with Gasteiger partial charge in [-0.05, 0) is 18.1 Å². The van der Waals surface area contributed by atoms with Gasteiger partial charge in [0.05, 0.1) is 19.4 Å². The van der Waals surface area contributed by atoms with E-state index in [2.05, 4.69) is 12.0 Å². The molecular formula is C16H23N3O2. The van der Waals surface area contributed by atoms with Crippen molar-refractivity contribution in [2.24, 2.45) is 12.8 Å². The van der Waals surface area contributed by atoms with Gasteiger partial charge in [-0.1, -0.05) is 13.0 Å². The highest BCUT2D eigenvalue weighted by molar-refractivity contribution is 5.40. The first-order valence-corrected chi connectivity index (χ1v) is 7.29. The topological polar surface area (TPSA) is 62.3 Å². The SMILES string of the molecule is CCCOc1ccc(CN)c(OCCc2cnn(C)c2)c1. The second-order valence-corrected chi connectivity index (χ2v) is 4.94. The van der Waals surface area contributed by atoms with E-state index in [1.807, 2.05) is 37.6 Å². The molecule has 0 saturated carbocycles. The minimum absolute atomic E-state index is 0.455. The molecule has 1 aromatic carbocycles. The summed E-state index contributed by atoms with van der Waals surface area (Å²) in [5.41, 5.74) is 7.90. The Morgan fingerprint density at radius 3 is 2.76 bits per heavy atom. The standard InChI is InChI=1S/C16H23N3O2/c1-3-7-20-15-5-4-14(10-17)16(9-15)21-8-6-13-11-18-19(2)12-13/h4-5,9,11-12H,3,6-8,10,17H2,1-2H3. The van der Waals surface area contributed by atoms with Gasteiger partial charge in [-0.2, -0.15) is 5.10 Å². The highest BCUT2D eigenvalue weighted by atomic mass is 16.5. The van der Waals surface area contributed by atoms with E-state index >= 15 is 0 Å². The molecule has 0 atom stereocenters. The molecule has 0 aliphatic carbocycles. The summed E-state index contributed by atoms with van der Waals surface area (Å²) >= 11 is 0. The highest BCUT2D eigenvalue weighted by Crippen LogP contribution is 2.25. The molecule has 0 radical (unpaired) electrons. The molecule has 2 rings (SSSR count). The number of nitrogens with two attached hydrogens (primary N) is 1. The number of hydrogen-bond donors (Lipinski definition) is 1. The van der Waals surface area contributed by atoms with Crippen LogP contribution in [0.25, 0.3) is 0 Å². The summed E-state index contributed by atoms with van der Waals surface area (Å²) in [6, 6.07) is 5.82. The average Bonchev–Trinajstić information content (AvgIpc) is 2.91. The molecular weight excluding hydrogens is 266 g/mol. The minimum Gasteiger partial charge on any atom is -0.493 e. The lowest BCUT2D eigenvalue weighted by Gasteiger charge is -2.12. The second-order valence-electron chi connectivity index (χ2n) is 4.94. The van der Waals surface area contributed by atoms with Crippen molar-refractivity contribution in [1.29, 1.82) is 0 Å². The fraction of sp³-hybridized carbons (Fsp3) is 0.438. The third-order valence-electron chi connectivity index (χ3n) is 3.14. The largest absolute Gasteiger partial charge is 0.493 e. The molecule has 114 valence electrons. The van der Waals surface area contributed by atoms with Gasteiger partial charge in [-0.25, -0.2) is 0 Å². The fourth-order valence-corrected chi connectivity index (χ4v) is 2.03. The van der Waals surface area contributed by atoms with Gasteiger partial charge in [-0.15, -0.1) is 0 Å². The number of nitrogens with zero attached hydrogens (tertiary/aromatic N) is 2. The first-order chi connectivity index (χ1) is 10.2. The Bertz CT molecular complexity index is 566. The molecule has 21 heavy (non-hydrogen) atoms. The zero-order chi connectivity index (χ0) is 15.1. The quantitative estimate of drug-likeness (QED) is 0.810. The van der Waals surface area contributed by atoms with Crippen LogP contribution in [0.15, 0.2) is 30.6 Å². The Labute approximate surface area is 125 Å². The lowest BCUT2D eigenvalue weighted by atomic mass is 10.2. The zero-order valence-electron chi connectivity index (χ0n) is 12.7. The smallest absolute Gasteiger partial charge is 0.127 e. The van der Waals surface area contributed by atoms with Crippen LogP contribution in [0.5, 0.6) is 11.5 Å². The van der Waals surface area contributed by atoms with Crippen LogP contribution in [-0.4, -0.2) is 23.0 Å². The predicted molar refractivity (Wildman–Crippen MR) is 82.5 cm³/mol. The van der Waals surface area contributed by atoms with Crippen LogP contribution in [0.4, 0.5) is 0 Å². The second kappa shape index (κ2) is 7.69. The average molecular weight is 289 g/mol. The Balaban J connectivity index is 1.96. The highest BCUT2D eigenvalue weighted by Gasteiger charge is 2.06. The molecule has 0 aliphatic rings. The van der Waals surface area contributed by atoms with E-state index in [0.717, 1.165) is 35.5 Å². The molecule has 2 aromatic rings. The maximum Gasteiger partial charge on any atom is 0.127 e. The van der Waals surface area contributed by atoms with Crippen molar-refractivity contribution < 1.29 is 9.47 Å². The zero-order valence-corrected chi connectivity index (χ0v) is 12.7. The molecule has 5 heteroatoms. The van der Waals surface area contributed by atoms with E-state index < -0.39 is 0 Å². The number of benzene rings is 1. The Hall–Kier alpha value is -2.01. The summed E-state index contributed by atoms with van der Waals surface area (Å²) in [4.78, 5) is 0. The van der Waals surface area contributed by atoms with Gasteiger partial charge in [0.25, 0.3) is 0 Å². The van der Waals surface area contributed by atoms with Crippen molar-refractivity contribution in [2.45, 2.75) is 26.3 Å². The molecule has 0 bridgehead atoms. The molecule has 0 saturated heterocycles. The van der Waals surface area contributed by atoms with Crippen LogP contribution < -0.4 is 15.2 Å². The van der Waals surface area contributed by atoms with Crippen molar-refractivity contribution in [2.75, 3.05) is 13.2 Å². The van der Waals surface area contributed by atoms with Crippen molar-refractivity contribution in [3.05, 3.63) is 41.7 Å². The van der Waals surface area contributed by atoms with Crippen LogP contribution >= 0.6 is 0 Å². The van der Waals surface area contributed by atoms with Gasteiger partial charge in [0.15, 0.2) is 0 Å². The molecule has 2 N–H and O–H groups in total. The molecule has 0 unspecified atom stereocenters. The predicted octanol–water partition coefficient (Wildman–Crippen LogP) is 2.29. The third-order valence-corrected chi connectivity index (χ3v) is 3.14. The van der Waals surface area contributed by atoms with Crippen molar-refractivity contribution in [3.63, 3.8) is 0 Å². The number of hydrogen-bond acceptors (Lipinski definition) is 4. The van der Waals surface area contributed by atoms with Crippen molar-refractivity contribution >= 4 is 0 Å². The van der Waals surface area contributed by atoms with E-state index in [1.54, 1.807) is 4.68 Å². The normalized spacial score (nSPS) is 10.6. The van der Waals surface area contributed by atoms with Crippen LogP contribution in [0.2, 0.25) is 0 Å². The molecule has 5 nitrogen and oxygen atoms in total. The van der Waals surface area contributed by atoms with E-state index in [0.29, 0.717) is 19.8 Å². The van der Waals surface area contributed by atoms with E-state index in [4.69, 9.17) is 15.2 Å². The summed E-state index contributed by atoms with van der Waals surface area (Å²) < 4.78 is 13.3. The van der Waals surface area contributed by atoms with Crippen LogP contribution in [0.1, 0.15) is 24.5 Å². The number of ether oxygens (including phenoxy) is 2. The fourth-order valence-electron chi connectivity index (χ4n) is 2.03. The Kier molecular flexibility index (Phi) is 5.63. The van der Waals surface area contributed by atoms with Crippen LogP contribution in [0, 0.1) is 0 Å². The van der Waals surface area contributed by atoms with Crippen LogP contribution in [-0.2, 0) is 20.0 Å².